The minimum absolute atomic E-state index is 0.00883. The molecule has 3 aliphatic heterocycles. The fourth-order valence-electron chi connectivity index (χ4n) is 7.18. The van der Waals surface area contributed by atoms with E-state index in [1.165, 1.54) is 0 Å². The quantitative estimate of drug-likeness (QED) is 0.587. The lowest BCUT2D eigenvalue weighted by molar-refractivity contribution is -0.141. The van der Waals surface area contributed by atoms with E-state index in [0.29, 0.717) is 31.0 Å². The molecule has 7 atom stereocenters. The van der Waals surface area contributed by atoms with Gasteiger partial charge in [0.05, 0.1) is 24.7 Å². The standard InChI is InChI=1S/C29H34N6O4/c1-29(2,3)39-28(38)32-22(26(36)34-19(13-30)10-17-11-24(17)34)15-33-14-20-12-25(33)27(37)35(20)23-8-5-16-9-18(31-4)6-7-21(16)23/h6-7,9,17,19-20,22-25H,5,8,10-12,14-15H2,1-3H3,(H,32,38)/t17-,19+,20+,22+,23-,24+,25+/m1/s1. The van der Waals surface area contributed by atoms with Crippen molar-refractivity contribution in [2.24, 2.45) is 5.92 Å². The maximum atomic E-state index is 13.8. The molecule has 4 fully saturated rings. The van der Waals surface area contributed by atoms with E-state index in [1.54, 1.807) is 25.7 Å². The summed E-state index contributed by atoms with van der Waals surface area (Å²) < 4.78 is 5.46. The molecule has 1 aromatic carbocycles. The highest BCUT2D eigenvalue weighted by Crippen LogP contribution is 2.48. The SMILES string of the molecule is [C-]#[N+]c1ccc2c(c1)CC[C@H]2N1C(=O)[C@@H]2C[C@H]1CN2C[C@H](NC(=O)OC(C)(C)C)C(=O)N1[C@H](C#N)C[C@@H]2C[C@@H]21. The lowest BCUT2D eigenvalue weighted by atomic mass is 10.0. The zero-order valence-electron chi connectivity index (χ0n) is 22.6. The second kappa shape index (κ2) is 9.24. The average molecular weight is 531 g/mol. The molecular weight excluding hydrogens is 496 g/mol. The molecule has 5 aliphatic rings. The third-order valence-corrected chi connectivity index (χ3v) is 8.87. The van der Waals surface area contributed by atoms with Gasteiger partial charge in [-0.15, -0.1) is 0 Å². The van der Waals surface area contributed by atoms with Gasteiger partial charge in [0.15, 0.2) is 5.69 Å². The van der Waals surface area contributed by atoms with Gasteiger partial charge < -0.3 is 19.9 Å². The molecule has 10 nitrogen and oxygen atoms in total. The number of alkyl carbamates (subject to hydrolysis) is 1. The summed E-state index contributed by atoms with van der Waals surface area (Å²) in [5, 5.41) is 12.4. The van der Waals surface area contributed by atoms with Crippen molar-refractivity contribution >= 4 is 23.6 Å². The molecule has 0 radical (unpaired) electrons. The van der Waals surface area contributed by atoms with E-state index in [4.69, 9.17) is 11.3 Å². The Kier molecular flexibility index (Phi) is 6.07. The van der Waals surface area contributed by atoms with Crippen LogP contribution >= 0.6 is 0 Å². The first kappa shape index (κ1) is 25.6. The number of nitrogens with zero attached hydrogens (tertiary/aromatic N) is 5. The Morgan fingerprint density at radius 3 is 2.74 bits per heavy atom. The van der Waals surface area contributed by atoms with Gasteiger partial charge in [-0.3, -0.25) is 14.5 Å². The molecule has 2 aliphatic carbocycles. The normalized spacial score (nSPS) is 31.4. The fourth-order valence-corrected chi connectivity index (χ4v) is 7.18. The molecule has 1 aromatic rings. The van der Waals surface area contributed by atoms with Crippen LogP contribution in [0, 0.1) is 23.8 Å². The van der Waals surface area contributed by atoms with E-state index >= 15 is 0 Å². The van der Waals surface area contributed by atoms with Crippen molar-refractivity contribution in [2.75, 3.05) is 13.1 Å². The molecule has 10 heteroatoms. The topological polar surface area (TPSA) is 110 Å². The largest absolute Gasteiger partial charge is 0.444 e. The molecule has 3 saturated heterocycles. The van der Waals surface area contributed by atoms with Crippen LogP contribution in [0.25, 0.3) is 4.85 Å². The van der Waals surface area contributed by atoms with Crippen LogP contribution < -0.4 is 5.32 Å². The van der Waals surface area contributed by atoms with Gasteiger partial charge in [-0.05, 0) is 64.4 Å². The van der Waals surface area contributed by atoms with Crippen LogP contribution in [-0.4, -0.2) is 81.5 Å². The van der Waals surface area contributed by atoms with Crippen molar-refractivity contribution < 1.29 is 19.1 Å². The number of ether oxygens (including phenoxy) is 1. The van der Waals surface area contributed by atoms with Gasteiger partial charge in [-0.2, -0.15) is 5.26 Å². The summed E-state index contributed by atoms with van der Waals surface area (Å²) in [4.78, 5) is 49.4. The van der Waals surface area contributed by atoms with Crippen LogP contribution in [0.4, 0.5) is 10.5 Å². The van der Waals surface area contributed by atoms with Gasteiger partial charge >= 0.3 is 6.09 Å². The minimum atomic E-state index is -0.908. The minimum Gasteiger partial charge on any atom is -0.444 e. The molecule has 0 aromatic heterocycles. The van der Waals surface area contributed by atoms with Crippen LogP contribution in [0.15, 0.2) is 18.2 Å². The maximum absolute atomic E-state index is 13.8. The lowest BCUT2D eigenvalue weighted by Crippen LogP contribution is -2.59. The summed E-state index contributed by atoms with van der Waals surface area (Å²) in [6.07, 6.45) is 3.27. The van der Waals surface area contributed by atoms with Gasteiger partial charge in [0.1, 0.15) is 17.7 Å². The number of fused-ring (bicyclic) bond motifs is 4. The number of rotatable bonds is 5. The summed E-state index contributed by atoms with van der Waals surface area (Å²) in [7, 11) is 0. The molecule has 1 N–H and O–H groups in total. The molecule has 39 heavy (non-hydrogen) atoms. The van der Waals surface area contributed by atoms with Crippen molar-refractivity contribution in [1.82, 2.24) is 20.0 Å². The Hall–Kier alpha value is -3.63. The summed E-state index contributed by atoms with van der Waals surface area (Å²) in [5.41, 5.74) is 2.17. The monoisotopic (exact) mass is 530 g/mol. The third kappa shape index (κ3) is 4.51. The van der Waals surface area contributed by atoms with Crippen LogP contribution in [0.2, 0.25) is 0 Å². The van der Waals surface area contributed by atoms with Crippen molar-refractivity contribution in [1.29, 1.82) is 5.26 Å². The van der Waals surface area contributed by atoms with E-state index in [2.05, 4.69) is 16.2 Å². The Morgan fingerprint density at radius 1 is 1.26 bits per heavy atom. The first-order valence-corrected chi connectivity index (χ1v) is 13.9. The van der Waals surface area contributed by atoms with Gasteiger partial charge in [0.25, 0.3) is 0 Å². The van der Waals surface area contributed by atoms with Crippen molar-refractivity contribution in [2.45, 2.75) is 94.7 Å². The molecule has 6 rings (SSSR count). The van der Waals surface area contributed by atoms with Crippen LogP contribution in [-0.2, 0) is 20.7 Å². The first-order valence-electron chi connectivity index (χ1n) is 13.9. The lowest BCUT2D eigenvalue weighted by Gasteiger charge is -2.39. The van der Waals surface area contributed by atoms with Crippen LogP contribution in [0.1, 0.15) is 63.6 Å². The zero-order valence-corrected chi connectivity index (χ0v) is 22.6. The van der Waals surface area contributed by atoms with E-state index in [-0.39, 0.29) is 42.5 Å². The number of aryl methyl sites for hydroxylation is 1. The number of benzene rings is 1. The van der Waals surface area contributed by atoms with Crippen LogP contribution in [0.3, 0.4) is 0 Å². The van der Waals surface area contributed by atoms with Crippen molar-refractivity contribution in [3.05, 3.63) is 40.7 Å². The molecule has 3 amide bonds. The highest BCUT2D eigenvalue weighted by molar-refractivity contribution is 5.89. The smallest absolute Gasteiger partial charge is 0.408 e. The molecular formula is C29H34N6O4. The van der Waals surface area contributed by atoms with E-state index < -0.39 is 23.8 Å². The Bertz CT molecular complexity index is 1310. The second-order valence-corrected chi connectivity index (χ2v) is 12.5. The Labute approximate surface area is 228 Å². The summed E-state index contributed by atoms with van der Waals surface area (Å²) in [6, 6.07) is 6.36. The molecule has 1 saturated carbocycles. The molecule has 204 valence electrons. The highest BCUT2D eigenvalue weighted by atomic mass is 16.6. The van der Waals surface area contributed by atoms with Gasteiger partial charge in [0.2, 0.25) is 11.8 Å². The van der Waals surface area contributed by atoms with Crippen LogP contribution in [0.5, 0.6) is 0 Å². The number of carbonyl (C=O) groups is 3. The number of nitrogens with one attached hydrogen (secondary N) is 1. The molecule has 0 unspecified atom stereocenters. The summed E-state index contributed by atoms with van der Waals surface area (Å²) in [5.74, 6) is 0.142. The zero-order chi connectivity index (χ0) is 27.6. The number of piperidine rings is 1. The predicted molar refractivity (Wildman–Crippen MR) is 140 cm³/mol. The van der Waals surface area contributed by atoms with E-state index in [0.717, 1.165) is 30.4 Å². The summed E-state index contributed by atoms with van der Waals surface area (Å²) in [6.45, 7) is 13.4. The van der Waals surface area contributed by atoms with Gasteiger partial charge in [-0.25, -0.2) is 9.64 Å². The highest BCUT2D eigenvalue weighted by Gasteiger charge is 2.57. The third-order valence-electron chi connectivity index (χ3n) is 8.87. The van der Waals surface area contributed by atoms with E-state index in [9.17, 15) is 19.6 Å². The molecule has 3 heterocycles. The number of likely N-dealkylation sites (tertiary alicyclic amines) is 3. The summed E-state index contributed by atoms with van der Waals surface area (Å²) >= 11 is 0. The number of hydrogen-bond acceptors (Lipinski definition) is 6. The van der Waals surface area contributed by atoms with E-state index in [1.807, 2.05) is 28.0 Å². The molecule has 0 spiro atoms. The van der Waals surface area contributed by atoms with Crippen molar-refractivity contribution in [3.63, 3.8) is 0 Å². The fraction of sp³-hybridized carbons (Fsp3) is 0.621. The molecule has 2 bridgehead atoms. The number of carbonyl (C=O) groups excluding carboxylic acids is 3. The van der Waals surface area contributed by atoms with Crippen molar-refractivity contribution in [3.8, 4) is 6.07 Å². The number of hydrogen-bond donors (Lipinski definition) is 1. The second-order valence-electron chi connectivity index (χ2n) is 12.5. The van der Waals surface area contributed by atoms with Gasteiger partial charge in [0, 0.05) is 25.2 Å². The predicted octanol–water partition coefficient (Wildman–Crippen LogP) is 2.92. The Morgan fingerprint density at radius 2 is 2.05 bits per heavy atom. The van der Waals surface area contributed by atoms with Gasteiger partial charge in [-0.1, -0.05) is 23.8 Å². The average Bonchev–Trinajstić information content (AvgIpc) is 3.22. The number of amides is 3. The first-order chi connectivity index (χ1) is 18.6. The Balaban J connectivity index is 1.18. The number of nitriles is 1. The number of piperazine rings is 1. The maximum Gasteiger partial charge on any atom is 0.408 e.